The highest BCUT2D eigenvalue weighted by Gasteiger charge is 1.84. The Morgan fingerprint density at radius 3 is 2.57 bits per heavy atom. The molecule has 3 heteroatoms. The molecule has 0 aromatic heterocycles. The zero-order valence-corrected chi connectivity index (χ0v) is 5.81. The topological polar surface area (TPSA) is 20.2 Å². The second-order valence-electron chi connectivity index (χ2n) is 1.06. The van der Waals surface area contributed by atoms with E-state index in [0.29, 0.717) is 0 Å². The van der Waals surface area contributed by atoms with E-state index in [1.807, 2.05) is 6.92 Å². The van der Waals surface area contributed by atoms with Crippen molar-refractivity contribution in [3.05, 3.63) is 0 Å². The largest absolute Gasteiger partial charge is 0.396 e. The van der Waals surface area contributed by atoms with E-state index >= 15 is 0 Å². The van der Waals surface area contributed by atoms with Crippen molar-refractivity contribution in [3.63, 3.8) is 0 Å². The third-order valence-corrected chi connectivity index (χ3v) is 1.54. The molecule has 0 aliphatic carbocycles. The Morgan fingerprint density at radius 2 is 2.43 bits per heavy atom. The van der Waals surface area contributed by atoms with Crippen LogP contribution < -0.4 is 0 Å². The van der Waals surface area contributed by atoms with Gasteiger partial charge in [0.2, 0.25) is 0 Å². The zero-order chi connectivity index (χ0) is 5.70. The molecule has 0 radical (unpaired) electrons. The van der Waals surface area contributed by atoms with Crippen LogP contribution in [0.2, 0.25) is 0 Å². The van der Waals surface area contributed by atoms with E-state index in [2.05, 4.69) is 0 Å². The van der Waals surface area contributed by atoms with Crippen molar-refractivity contribution in [1.82, 2.24) is 0 Å². The average Bonchev–Trinajstić information content (AvgIpc) is 1.61. The molecule has 0 saturated carbocycles. The minimum atomic E-state index is 0.221. The summed E-state index contributed by atoms with van der Waals surface area (Å²) in [6.45, 7) is 2.08. The SMILES string of the molecule is CC(=S)SCCO. The van der Waals surface area contributed by atoms with Gasteiger partial charge in [-0.2, -0.15) is 0 Å². The maximum absolute atomic E-state index is 8.23. The molecular weight excluding hydrogens is 128 g/mol. The molecule has 0 saturated heterocycles. The highest BCUT2D eigenvalue weighted by atomic mass is 32.2. The Balaban J connectivity index is 2.82. The van der Waals surface area contributed by atoms with Crippen molar-refractivity contribution >= 4 is 28.2 Å². The fraction of sp³-hybridized carbons (Fsp3) is 0.750. The maximum Gasteiger partial charge on any atom is 0.0525 e. The average molecular weight is 136 g/mol. The standard InChI is InChI=1S/C4H8OS2/c1-4(6)7-3-2-5/h5H,2-3H2,1H3. The van der Waals surface area contributed by atoms with Gasteiger partial charge in [0.15, 0.2) is 0 Å². The van der Waals surface area contributed by atoms with Gasteiger partial charge in [-0.3, -0.25) is 0 Å². The molecule has 0 bridgehead atoms. The Kier molecular flexibility index (Phi) is 4.82. The Morgan fingerprint density at radius 1 is 1.86 bits per heavy atom. The first-order chi connectivity index (χ1) is 3.27. The summed E-state index contributed by atoms with van der Waals surface area (Å²) in [5, 5.41) is 8.23. The summed E-state index contributed by atoms with van der Waals surface area (Å²) in [5.74, 6) is 0.731. The molecule has 0 aromatic rings. The van der Waals surface area contributed by atoms with Gasteiger partial charge in [-0.25, -0.2) is 0 Å². The number of hydrogen-bond acceptors (Lipinski definition) is 3. The van der Waals surface area contributed by atoms with Crippen LogP contribution >= 0.6 is 24.0 Å². The van der Waals surface area contributed by atoms with Crippen molar-refractivity contribution in [2.24, 2.45) is 0 Å². The first kappa shape index (κ1) is 7.40. The fourth-order valence-corrected chi connectivity index (χ4v) is 0.818. The molecule has 1 nitrogen and oxygen atoms in total. The lowest BCUT2D eigenvalue weighted by atomic mass is 10.9. The van der Waals surface area contributed by atoms with Crippen LogP contribution in [0.1, 0.15) is 6.92 Å². The van der Waals surface area contributed by atoms with Crippen LogP contribution in [-0.2, 0) is 0 Å². The second kappa shape index (κ2) is 4.56. The summed E-state index contributed by atoms with van der Waals surface area (Å²) in [6.07, 6.45) is 0. The van der Waals surface area contributed by atoms with E-state index in [0.717, 1.165) is 9.95 Å². The molecule has 0 atom stereocenters. The zero-order valence-electron chi connectivity index (χ0n) is 4.18. The Labute approximate surface area is 53.1 Å². The number of hydrogen-bond donors (Lipinski definition) is 1. The maximum atomic E-state index is 8.23. The lowest BCUT2D eigenvalue weighted by molar-refractivity contribution is 0.323. The van der Waals surface area contributed by atoms with Crippen molar-refractivity contribution in [1.29, 1.82) is 0 Å². The number of aliphatic hydroxyl groups excluding tert-OH is 1. The number of thiocarbonyl (C=S) groups is 1. The molecule has 0 rings (SSSR count). The number of rotatable bonds is 2. The van der Waals surface area contributed by atoms with Crippen molar-refractivity contribution in [2.45, 2.75) is 6.92 Å². The molecule has 0 aliphatic rings. The minimum Gasteiger partial charge on any atom is -0.396 e. The van der Waals surface area contributed by atoms with E-state index in [4.69, 9.17) is 17.3 Å². The monoisotopic (exact) mass is 136 g/mol. The molecule has 0 unspecified atom stereocenters. The van der Waals surface area contributed by atoms with Gasteiger partial charge in [0.1, 0.15) is 0 Å². The van der Waals surface area contributed by atoms with Gasteiger partial charge in [0, 0.05) is 9.95 Å². The van der Waals surface area contributed by atoms with Crippen molar-refractivity contribution < 1.29 is 5.11 Å². The highest BCUT2D eigenvalue weighted by molar-refractivity contribution is 8.23. The normalized spacial score (nSPS) is 8.86. The smallest absolute Gasteiger partial charge is 0.0525 e. The molecular formula is C4H8OS2. The number of aliphatic hydroxyl groups is 1. The van der Waals surface area contributed by atoms with Crippen LogP contribution in [0, 0.1) is 0 Å². The van der Waals surface area contributed by atoms with Crippen molar-refractivity contribution in [3.8, 4) is 0 Å². The van der Waals surface area contributed by atoms with Crippen LogP contribution in [0.25, 0.3) is 0 Å². The third kappa shape index (κ3) is 6.40. The van der Waals surface area contributed by atoms with Crippen LogP contribution in [0.5, 0.6) is 0 Å². The molecule has 7 heavy (non-hydrogen) atoms. The van der Waals surface area contributed by atoms with Crippen LogP contribution in [0.15, 0.2) is 0 Å². The summed E-state index contributed by atoms with van der Waals surface area (Å²) >= 11 is 6.23. The Hall–Kier alpha value is 0.400. The summed E-state index contributed by atoms with van der Waals surface area (Å²) in [5.41, 5.74) is 0. The summed E-state index contributed by atoms with van der Waals surface area (Å²) in [6, 6.07) is 0. The van der Waals surface area contributed by atoms with E-state index in [9.17, 15) is 0 Å². The van der Waals surface area contributed by atoms with Gasteiger partial charge in [0.25, 0.3) is 0 Å². The lowest BCUT2D eigenvalue weighted by Crippen LogP contribution is -1.87. The fourth-order valence-electron chi connectivity index (χ4n) is 0.189. The van der Waals surface area contributed by atoms with E-state index < -0.39 is 0 Å². The molecule has 0 fully saturated rings. The Bertz CT molecular complexity index is 62.7. The predicted octanol–water partition coefficient (Wildman–Crippen LogP) is 1.06. The molecule has 0 heterocycles. The summed E-state index contributed by atoms with van der Waals surface area (Å²) in [7, 11) is 0. The minimum absolute atomic E-state index is 0.221. The molecule has 0 spiro atoms. The lowest BCUT2D eigenvalue weighted by Gasteiger charge is -1.89. The molecule has 0 aliphatic heterocycles. The van der Waals surface area contributed by atoms with Gasteiger partial charge in [-0.1, -0.05) is 12.2 Å². The van der Waals surface area contributed by atoms with Gasteiger partial charge in [-0.15, -0.1) is 11.8 Å². The van der Waals surface area contributed by atoms with Crippen LogP contribution in [0.4, 0.5) is 0 Å². The van der Waals surface area contributed by atoms with Crippen molar-refractivity contribution in [2.75, 3.05) is 12.4 Å². The van der Waals surface area contributed by atoms with E-state index in [1.165, 1.54) is 11.8 Å². The van der Waals surface area contributed by atoms with E-state index in [1.54, 1.807) is 0 Å². The highest BCUT2D eigenvalue weighted by Crippen LogP contribution is 2.00. The molecule has 0 amide bonds. The molecule has 42 valence electrons. The van der Waals surface area contributed by atoms with Gasteiger partial charge in [-0.05, 0) is 6.92 Å². The quantitative estimate of drug-likeness (QED) is 0.573. The van der Waals surface area contributed by atoms with Gasteiger partial charge >= 0.3 is 0 Å². The predicted molar refractivity (Wildman–Crippen MR) is 37.8 cm³/mol. The summed E-state index contributed by atoms with van der Waals surface area (Å²) in [4.78, 5) is 0. The molecule has 0 aromatic carbocycles. The summed E-state index contributed by atoms with van der Waals surface area (Å²) < 4.78 is 0.897. The number of thioether (sulfide) groups is 1. The third-order valence-electron chi connectivity index (χ3n) is 0.397. The van der Waals surface area contributed by atoms with Gasteiger partial charge in [0.05, 0.1) is 6.61 Å². The van der Waals surface area contributed by atoms with Gasteiger partial charge < -0.3 is 5.11 Å². The molecule has 1 N–H and O–H groups in total. The second-order valence-corrected chi connectivity index (χ2v) is 3.24. The van der Waals surface area contributed by atoms with Crippen LogP contribution in [-0.4, -0.2) is 21.7 Å². The van der Waals surface area contributed by atoms with Crippen LogP contribution in [0.3, 0.4) is 0 Å². The van der Waals surface area contributed by atoms with E-state index in [-0.39, 0.29) is 6.61 Å². The first-order valence-electron chi connectivity index (χ1n) is 2.01. The first-order valence-corrected chi connectivity index (χ1v) is 3.41.